The standard InChI is InChI=1S/C18H14F3N3O2/c19-18(20,21)26-15-8-6-13(7-9-15)12-17(25)22-16-10-11-24(23-16)14-4-2-1-3-5-14/h1-11H,12H2,(H,22,23,25). The largest absolute Gasteiger partial charge is 0.573 e. The van der Waals surface area contributed by atoms with Crippen LogP contribution in [0.4, 0.5) is 19.0 Å². The third-order valence-electron chi connectivity index (χ3n) is 3.40. The molecule has 0 unspecified atom stereocenters. The van der Waals surface area contributed by atoms with Crippen molar-refractivity contribution in [2.75, 3.05) is 5.32 Å². The summed E-state index contributed by atoms with van der Waals surface area (Å²) >= 11 is 0. The van der Waals surface area contributed by atoms with Crippen LogP contribution in [0.15, 0.2) is 66.9 Å². The lowest BCUT2D eigenvalue weighted by molar-refractivity contribution is -0.274. The SMILES string of the molecule is O=C(Cc1ccc(OC(F)(F)F)cc1)Nc1ccn(-c2ccccc2)n1. The van der Waals surface area contributed by atoms with Gasteiger partial charge in [0.1, 0.15) is 5.75 Å². The van der Waals surface area contributed by atoms with Gasteiger partial charge in [0.25, 0.3) is 0 Å². The minimum absolute atomic E-state index is 0.00446. The molecule has 3 aromatic rings. The lowest BCUT2D eigenvalue weighted by atomic mass is 10.1. The zero-order valence-corrected chi connectivity index (χ0v) is 13.4. The van der Waals surface area contributed by atoms with Gasteiger partial charge in [0.2, 0.25) is 5.91 Å². The van der Waals surface area contributed by atoms with E-state index >= 15 is 0 Å². The Morgan fingerprint density at radius 2 is 1.73 bits per heavy atom. The van der Waals surface area contributed by atoms with Gasteiger partial charge in [-0.2, -0.15) is 5.10 Å². The van der Waals surface area contributed by atoms with Crippen molar-refractivity contribution in [3.8, 4) is 11.4 Å². The first kappa shape index (κ1) is 17.5. The summed E-state index contributed by atoms with van der Waals surface area (Å²) in [4.78, 5) is 12.1. The Bertz CT molecular complexity index is 875. The number of rotatable bonds is 5. The molecule has 0 fully saturated rings. The van der Waals surface area contributed by atoms with Crippen LogP contribution in [-0.4, -0.2) is 22.1 Å². The van der Waals surface area contributed by atoms with E-state index in [9.17, 15) is 18.0 Å². The first-order valence-electron chi connectivity index (χ1n) is 7.65. The van der Waals surface area contributed by atoms with E-state index in [4.69, 9.17) is 0 Å². The van der Waals surface area contributed by atoms with Crippen molar-refractivity contribution in [2.24, 2.45) is 0 Å². The van der Waals surface area contributed by atoms with Gasteiger partial charge < -0.3 is 10.1 Å². The van der Waals surface area contributed by atoms with E-state index in [0.29, 0.717) is 11.4 Å². The van der Waals surface area contributed by atoms with Crippen LogP contribution in [0, 0.1) is 0 Å². The monoisotopic (exact) mass is 361 g/mol. The lowest BCUT2D eigenvalue weighted by Crippen LogP contribution is -2.17. The average Bonchev–Trinajstić information content (AvgIpc) is 3.04. The molecule has 0 saturated carbocycles. The number of alkyl halides is 3. The summed E-state index contributed by atoms with van der Waals surface area (Å²) in [5.74, 6) is -0.271. The Morgan fingerprint density at radius 1 is 1.04 bits per heavy atom. The third kappa shape index (κ3) is 4.85. The van der Waals surface area contributed by atoms with E-state index < -0.39 is 6.36 Å². The Kier molecular flexibility index (Phi) is 4.92. The number of hydrogen-bond donors (Lipinski definition) is 1. The minimum Gasteiger partial charge on any atom is -0.406 e. The molecule has 0 aliphatic heterocycles. The molecule has 0 atom stereocenters. The van der Waals surface area contributed by atoms with Crippen LogP contribution in [0.1, 0.15) is 5.56 Å². The number of halogens is 3. The Morgan fingerprint density at radius 3 is 2.38 bits per heavy atom. The van der Waals surface area contributed by atoms with Crippen molar-refractivity contribution >= 4 is 11.7 Å². The van der Waals surface area contributed by atoms with Crippen molar-refractivity contribution in [2.45, 2.75) is 12.8 Å². The second kappa shape index (κ2) is 7.30. The number of anilines is 1. The second-order valence-electron chi connectivity index (χ2n) is 5.40. The van der Waals surface area contributed by atoms with E-state index in [1.165, 1.54) is 24.3 Å². The smallest absolute Gasteiger partial charge is 0.406 e. The van der Waals surface area contributed by atoms with Crippen LogP contribution in [0.3, 0.4) is 0 Å². The Hall–Kier alpha value is -3.29. The molecule has 0 spiro atoms. The fraction of sp³-hybridized carbons (Fsp3) is 0.111. The van der Waals surface area contributed by atoms with Gasteiger partial charge in [-0.1, -0.05) is 30.3 Å². The van der Waals surface area contributed by atoms with Gasteiger partial charge in [0.15, 0.2) is 5.82 Å². The van der Waals surface area contributed by atoms with Crippen LogP contribution >= 0.6 is 0 Å². The number of nitrogens with zero attached hydrogens (tertiary/aromatic N) is 2. The number of para-hydroxylation sites is 1. The Labute approximate surface area is 147 Å². The fourth-order valence-electron chi connectivity index (χ4n) is 2.30. The van der Waals surface area contributed by atoms with Crippen molar-refractivity contribution < 1.29 is 22.7 Å². The number of nitrogens with one attached hydrogen (secondary N) is 1. The van der Waals surface area contributed by atoms with Crippen molar-refractivity contribution in [3.63, 3.8) is 0 Å². The molecule has 0 aliphatic carbocycles. The van der Waals surface area contributed by atoms with E-state index in [-0.39, 0.29) is 18.1 Å². The van der Waals surface area contributed by atoms with Gasteiger partial charge in [0, 0.05) is 12.3 Å². The summed E-state index contributed by atoms with van der Waals surface area (Å²) in [5, 5.41) is 6.91. The molecule has 134 valence electrons. The number of carbonyl (C=O) groups excluding carboxylic acids is 1. The van der Waals surface area contributed by atoms with Gasteiger partial charge in [-0.25, -0.2) is 4.68 Å². The summed E-state index contributed by atoms with van der Waals surface area (Å²) in [5.41, 5.74) is 1.41. The van der Waals surface area contributed by atoms with Crippen LogP contribution in [0.5, 0.6) is 5.75 Å². The number of amides is 1. The minimum atomic E-state index is -4.74. The maximum Gasteiger partial charge on any atom is 0.573 e. The third-order valence-corrected chi connectivity index (χ3v) is 3.40. The molecule has 0 radical (unpaired) electrons. The lowest BCUT2D eigenvalue weighted by Gasteiger charge is -2.09. The van der Waals surface area contributed by atoms with Gasteiger partial charge in [0.05, 0.1) is 12.1 Å². The summed E-state index contributed by atoms with van der Waals surface area (Å²) in [6.45, 7) is 0. The molecule has 1 heterocycles. The maximum atomic E-state index is 12.1. The van der Waals surface area contributed by atoms with Crippen LogP contribution in [-0.2, 0) is 11.2 Å². The highest BCUT2D eigenvalue weighted by atomic mass is 19.4. The predicted molar refractivity (Wildman–Crippen MR) is 89.0 cm³/mol. The van der Waals surface area contributed by atoms with E-state index in [0.717, 1.165) is 5.69 Å². The van der Waals surface area contributed by atoms with Gasteiger partial charge >= 0.3 is 6.36 Å². The molecule has 0 aliphatic rings. The second-order valence-corrected chi connectivity index (χ2v) is 5.40. The van der Waals surface area contributed by atoms with E-state index in [1.54, 1.807) is 16.9 Å². The Balaban J connectivity index is 1.58. The molecular formula is C18H14F3N3O2. The number of benzene rings is 2. The van der Waals surface area contributed by atoms with Crippen molar-refractivity contribution in [1.29, 1.82) is 0 Å². The zero-order chi connectivity index (χ0) is 18.6. The molecule has 26 heavy (non-hydrogen) atoms. The topological polar surface area (TPSA) is 56.1 Å². The summed E-state index contributed by atoms with van der Waals surface area (Å²) < 4.78 is 41.8. The number of carbonyl (C=O) groups is 1. The van der Waals surface area contributed by atoms with Crippen molar-refractivity contribution in [3.05, 3.63) is 72.4 Å². The fourth-order valence-corrected chi connectivity index (χ4v) is 2.30. The summed E-state index contributed by atoms with van der Waals surface area (Å²) in [6.07, 6.45) is -3.02. The maximum absolute atomic E-state index is 12.1. The van der Waals surface area contributed by atoms with Gasteiger partial charge in [-0.3, -0.25) is 4.79 Å². The van der Waals surface area contributed by atoms with E-state index in [1.807, 2.05) is 30.3 Å². The molecule has 8 heteroatoms. The zero-order valence-electron chi connectivity index (χ0n) is 13.4. The van der Waals surface area contributed by atoms with Crippen LogP contribution < -0.4 is 10.1 Å². The summed E-state index contributed by atoms with van der Waals surface area (Å²) in [7, 11) is 0. The normalized spacial score (nSPS) is 11.2. The van der Waals surface area contributed by atoms with Gasteiger partial charge in [-0.05, 0) is 29.8 Å². The highest BCUT2D eigenvalue weighted by molar-refractivity contribution is 5.91. The molecule has 2 aromatic carbocycles. The number of aromatic nitrogens is 2. The highest BCUT2D eigenvalue weighted by Crippen LogP contribution is 2.23. The molecule has 1 aromatic heterocycles. The first-order chi connectivity index (χ1) is 12.4. The molecule has 1 N–H and O–H groups in total. The van der Waals surface area contributed by atoms with Gasteiger partial charge in [-0.15, -0.1) is 13.2 Å². The molecule has 0 saturated heterocycles. The molecule has 5 nitrogen and oxygen atoms in total. The predicted octanol–water partition coefficient (Wildman–Crippen LogP) is 3.95. The number of ether oxygens (including phenoxy) is 1. The molecule has 1 amide bonds. The van der Waals surface area contributed by atoms with E-state index in [2.05, 4.69) is 15.2 Å². The van der Waals surface area contributed by atoms with Crippen LogP contribution in [0.2, 0.25) is 0 Å². The van der Waals surface area contributed by atoms with Crippen LogP contribution in [0.25, 0.3) is 5.69 Å². The summed E-state index contributed by atoms with van der Waals surface area (Å²) in [6, 6.07) is 16.2. The highest BCUT2D eigenvalue weighted by Gasteiger charge is 2.30. The molecule has 3 rings (SSSR count). The first-order valence-corrected chi connectivity index (χ1v) is 7.65. The van der Waals surface area contributed by atoms with Crippen molar-refractivity contribution in [1.82, 2.24) is 9.78 Å². The molecule has 0 bridgehead atoms. The quantitative estimate of drug-likeness (QED) is 0.749. The molecular weight excluding hydrogens is 347 g/mol. The number of hydrogen-bond acceptors (Lipinski definition) is 3. The average molecular weight is 361 g/mol.